The quantitative estimate of drug-likeness (QED) is 0.740. The van der Waals surface area contributed by atoms with E-state index in [9.17, 15) is 9.59 Å². The fraction of sp³-hybridized carbons (Fsp3) is 0.455. The highest BCUT2D eigenvalue weighted by atomic mass is 16.5. The predicted molar refractivity (Wildman–Crippen MR) is 112 cm³/mol. The van der Waals surface area contributed by atoms with Gasteiger partial charge in [0.1, 0.15) is 17.1 Å². The SMILES string of the molecule is CC.CCC12COCCN1c1nc(CC(=O)c3ccccc3)ncc1N(C)C2=O. The van der Waals surface area contributed by atoms with Crippen molar-refractivity contribution in [1.29, 1.82) is 0 Å². The Labute approximate surface area is 171 Å². The van der Waals surface area contributed by atoms with Crippen LogP contribution in [0.4, 0.5) is 11.5 Å². The van der Waals surface area contributed by atoms with E-state index < -0.39 is 5.54 Å². The van der Waals surface area contributed by atoms with E-state index in [-0.39, 0.29) is 18.1 Å². The van der Waals surface area contributed by atoms with E-state index in [0.717, 1.165) is 0 Å². The van der Waals surface area contributed by atoms with Gasteiger partial charge in [-0.1, -0.05) is 51.1 Å². The van der Waals surface area contributed by atoms with Crippen molar-refractivity contribution in [1.82, 2.24) is 9.97 Å². The average Bonchev–Trinajstić information content (AvgIpc) is 2.79. The highest BCUT2D eigenvalue weighted by Gasteiger charge is 2.51. The number of morpholine rings is 1. The molecule has 0 N–H and O–H groups in total. The molecule has 29 heavy (non-hydrogen) atoms. The van der Waals surface area contributed by atoms with Gasteiger partial charge < -0.3 is 14.5 Å². The Morgan fingerprint density at radius 2 is 1.97 bits per heavy atom. The topological polar surface area (TPSA) is 75.6 Å². The van der Waals surface area contributed by atoms with Crippen molar-refractivity contribution < 1.29 is 14.3 Å². The van der Waals surface area contributed by atoms with Gasteiger partial charge in [0.15, 0.2) is 11.6 Å². The van der Waals surface area contributed by atoms with Crippen molar-refractivity contribution in [2.45, 2.75) is 39.2 Å². The molecule has 1 unspecified atom stereocenters. The van der Waals surface area contributed by atoms with Gasteiger partial charge in [-0.2, -0.15) is 0 Å². The lowest BCUT2D eigenvalue weighted by Gasteiger charge is -2.51. The molecule has 1 aromatic heterocycles. The molecule has 2 aliphatic heterocycles. The summed E-state index contributed by atoms with van der Waals surface area (Å²) in [4.78, 5) is 38.2. The Morgan fingerprint density at radius 1 is 1.24 bits per heavy atom. The van der Waals surface area contributed by atoms with Crippen LogP contribution < -0.4 is 9.80 Å². The maximum Gasteiger partial charge on any atom is 0.255 e. The number of rotatable bonds is 4. The maximum absolute atomic E-state index is 13.0. The summed E-state index contributed by atoms with van der Waals surface area (Å²) in [6.07, 6.45) is 2.39. The molecular formula is C22H28N4O3. The molecule has 0 bridgehead atoms. The number of benzene rings is 1. The zero-order chi connectivity index (χ0) is 21.0. The lowest BCUT2D eigenvalue weighted by atomic mass is 9.89. The third-order valence-electron chi connectivity index (χ3n) is 5.44. The van der Waals surface area contributed by atoms with Crippen molar-refractivity contribution in [2.24, 2.45) is 0 Å². The van der Waals surface area contributed by atoms with E-state index in [4.69, 9.17) is 4.74 Å². The van der Waals surface area contributed by atoms with E-state index in [1.54, 1.807) is 30.3 Å². The standard InChI is InChI=1S/C20H22N4O3.C2H6/c1-3-20-13-27-10-9-24(20)18-15(23(2)19(20)26)12-21-17(22-18)11-16(25)14-7-5-4-6-8-14;1-2/h4-8,12H,3,9-11,13H2,1-2H3;1-2H3. The predicted octanol–water partition coefficient (Wildman–Crippen LogP) is 2.89. The fourth-order valence-electron chi connectivity index (χ4n) is 3.83. The molecule has 0 radical (unpaired) electrons. The second-order valence-corrected chi connectivity index (χ2v) is 6.91. The van der Waals surface area contributed by atoms with E-state index in [1.807, 2.05) is 43.9 Å². The summed E-state index contributed by atoms with van der Waals surface area (Å²) in [6.45, 7) is 7.46. The highest BCUT2D eigenvalue weighted by Crippen LogP contribution is 2.41. The van der Waals surface area contributed by atoms with Gasteiger partial charge in [-0.15, -0.1) is 0 Å². The third kappa shape index (κ3) is 3.62. The molecule has 3 heterocycles. The third-order valence-corrected chi connectivity index (χ3v) is 5.44. The zero-order valence-electron chi connectivity index (χ0n) is 17.5. The van der Waals surface area contributed by atoms with Crippen molar-refractivity contribution >= 4 is 23.2 Å². The zero-order valence-corrected chi connectivity index (χ0v) is 17.5. The molecule has 1 fully saturated rings. The van der Waals surface area contributed by atoms with Crippen LogP contribution in [0.25, 0.3) is 0 Å². The summed E-state index contributed by atoms with van der Waals surface area (Å²) in [7, 11) is 1.74. The van der Waals surface area contributed by atoms with Crippen LogP contribution in [0.1, 0.15) is 43.4 Å². The minimum Gasteiger partial charge on any atom is -0.377 e. The number of hydrogen-bond donors (Lipinski definition) is 0. The molecule has 0 saturated carbocycles. The first kappa shape index (κ1) is 20.9. The summed E-state index contributed by atoms with van der Waals surface area (Å²) in [6, 6.07) is 9.13. The first-order chi connectivity index (χ1) is 14.1. The smallest absolute Gasteiger partial charge is 0.255 e. The van der Waals surface area contributed by atoms with Crippen molar-refractivity contribution in [2.75, 3.05) is 36.6 Å². The van der Waals surface area contributed by atoms with Crippen LogP contribution in [-0.2, 0) is 16.0 Å². The number of anilines is 2. The molecule has 7 heteroatoms. The second-order valence-electron chi connectivity index (χ2n) is 6.91. The number of carbonyl (C=O) groups excluding carboxylic acids is 2. The van der Waals surface area contributed by atoms with E-state index in [1.165, 1.54) is 0 Å². The van der Waals surface area contributed by atoms with Gasteiger partial charge in [-0.3, -0.25) is 9.59 Å². The van der Waals surface area contributed by atoms with Gasteiger partial charge in [0.05, 0.1) is 25.8 Å². The number of hydrogen-bond acceptors (Lipinski definition) is 6. The molecule has 4 rings (SSSR count). The molecule has 0 aliphatic carbocycles. The normalized spacial score (nSPS) is 20.3. The van der Waals surface area contributed by atoms with Crippen molar-refractivity contribution in [3.63, 3.8) is 0 Å². The molecule has 0 spiro atoms. The second kappa shape index (κ2) is 8.69. The van der Waals surface area contributed by atoms with Gasteiger partial charge in [-0.25, -0.2) is 9.97 Å². The molecular weight excluding hydrogens is 368 g/mol. The minimum atomic E-state index is -0.741. The van der Waals surface area contributed by atoms with Crippen LogP contribution in [0.5, 0.6) is 0 Å². The Bertz CT molecular complexity index is 887. The van der Waals surface area contributed by atoms with Gasteiger partial charge in [-0.05, 0) is 6.42 Å². The molecule has 1 aromatic carbocycles. The summed E-state index contributed by atoms with van der Waals surface area (Å²) < 4.78 is 5.63. The van der Waals surface area contributed by atoms with E-state index in [0.29, 0.717) is 49.1 Å². The van der Waals surface area contributed by atoms with Crippen LogP contribution in [-0.4, -0.2) is 54.0 Å². The Kier molecular flexibility index (Phi) is 6.27. The van der Waals surface area contributed by atoms with E-state index >= 15 is 0 Å². The minimum absolute atomic E-state index is 0.00564. The number of amides is 1. The molecule has 2 aromatic rings. The number of carbonyl (C=O) groups is 2. The van der Waals surface area contributed by atoms with Crippen LogP contribution in [0.3, 0.4) is 0 Å². The van der Waals surface area contributed by atoms with Crippen molar-refractivity contribution in [3.05, 3.63) is 47.9 Å². The largest absolute Gasteiger partial charge is 0.377 e. The lowest BCUT2D eigenvalue weighted by Crippen LogP contribution is -2.68. The first-order valence-electron chi connectivity index (χ1n) is 10.1. The van der Waals surface area contributed by atoms with Crippen molar-refractivity contribution in [3.8, 4) is 0 Å². The number of Topliss-reactive ketones (excluding diaryl/α,β-unsaturated/α-hetero) is 1. The summed E-state index contributed by atoms with van der Waals surface area (Å²) >= 11 is 0. The van der Waals surface area contributed by atoms with Gasteiger partial charge in [0.25, 0.3) is 5.91 Å². The van der Waals surface area contributed by atoms with Gasteiger partial charge in [0.2, 0.25) is 0 Å². The maximum atomic E-state index is 13.0. The molecule has 1 amide bonds. The average molecular weight is 396 g/mol. The molecule has 7 nitrogen and oxygen atoms in total. The summed E-state index contributed by atoms with van der Waals surface area (Å²) in [5.74, 6) is 1.13. The highest BCUT2D eigenvalue weighted by molar-refractivity contribution is 6.07. The van der Waals surface area contributed by atoms with Crippen LogP contribution in [0.2, 0.25) is 0 Å². The summed E-state index contributed by atoms with van der Waals surface area (Å²) in [5.41, 5.74) is 0.567. The Morgan fingerprint density at radius 3 is 2.66 bits per heavy atom. The van der Waals surface area contributed by atoms with Crippen LogP contribution >= 0.6 is 0 Å². The Balaban J connectivity index is 0.00000117. The molecule has 2 aliphatic rings. The number of fused-ring (bicyclic) bond motifs is 3. The molecule has 1 saturated heterocycles. The van der Waals surface area contributed by atoms with Crippen LogP contribution in [0, 0.1) is 0 Å². The number of ketones is 1. The monoisotopic (exact) mass is 396 g/mol. The number of likely N-dealkylation sites (N-methyl/N-ethyl adjacent to an activating group) is 1. The fourth-order valence-corrected chi connectivity index (χ4v) is 3.83. The number of nitrogens with zero attached hydrogens (tertiary/aromatic N) is 4. The lowest BCUT2D eigenvalue weighted by molar-refractivity contribution is -0.128. The van der Waals surface area contributed by atoms with Gasteiger partial charge in [0, 0.05) is 19.2 Å². The number of aromatic nitrogens is 2. The van der Waals surface area contributed by atoms with Crippen LogP contribution in [0.15, 0.2) is 36.5 Å². The van der Waals surface area contributed by atoms with E-state index in [2.05, 4.69) is 9.97 Å². The first-order valence-corrected chi connectivity index (χ1v) is 10.1. The molecule has 154 valence electrons. The van der Waals surface area contributed by atoms with Gasteiger partial charge >= 0.3 is 0 Å². The summed E-state index contributed by atoms with van der Waals surface area (Å²) in [5, 5.41) is 0. The Hall–Kier alpha value is -2.80. The number of ether oxygens (including phenoxy) is 1. The molecule has 1 atom stereocenters.